The molecule has 0 N–H and O–H groups in total. The van der Waals surface area contributed by atoms with Gasteiger partial charge in [-0.05, 0) is 23.2 Å². The SMILES string of the molecule is [2H]c1cc(-c2nc([2H])c([2H])c(-c3cc([2H])c([2H])c([2H])c3[2H])c2[2H])c([2H])c([2H])c1[2H]. The standard InChI is InChI=1S/C17H13N/c1-3-7-14(8-4-1)16-11-12-18-17(13-16)15-9-5-2-6-10-15/h1-13H/i1D,2D,3D,4D,5D,6D,7D,9D,11D,12D,13D. The van der Waals surface area contributed by atoms with Crippen molar-refractivity contribution in [3.05, 3.63) is 78.7 Å². The van der Waals surface area contributed by atoms with E-state index in [4.69, 9.17) is 15.1 Å². The first-order valence-electron chi connectivity index (χ1n) is 10.6. The van der Waals surface area contributed by atoms with E-state index in [-0.39, 0.29) is 34.5 Å². The largest absolute Gasteiger partial charge is 0.256 e. The summed E-state index contributed by atoms with van der Waals surface area (Å²) < 4.78 is 87.2. The minimum absolute atomic E-state index is 0.142. The van der Waals surface area contributed by atoms with Gasteiger partial charge in [0.25, 0.3) is 0 Å². The van der Waals surface area contributed by atoms with E-state index in [1.165, 1.54) is 0 Å². The van der Waals surface area contributed by atoms with Crippen LogP contribution in [0.1, 0.15) is 15.1 Å². The van der Waals surface area contributed by atoms with E-state index < -0.39 is 54.5 Å². The summed E-state index contributed by atoms with van der Waals surface area (Å²) in [5, 5.41) is 0. The fourth-order valence-corrected chi connectivity index (χ4v) is 1.40. The second-order valence-electron chi connectivity index (χ2n) is 3.35. The third kappa shape index (κ3) is 2.16. The number of rotatable bonds is 2. The number of nitrogens with zero attached hydrogens (tertiary/aromatic N) is 1. The van der Waals surface area contributed by atoms with Crippen LogP contribution in [0.2, 0.25) is 0 Å². The van der Waals surface area contributed by atoms with Crippen molar-refractivity contribution in [3.63, 3.8) is 0 Å². The minimum atomic E-state index is -0.592. The van der Waals surface area contributed by atoms with Gasteiger partial charge in [0.15, 0.2) is 0 Å². The van der Waals surface area contributed by atoms with Gasteiger partial charge in [-0.15, -0.1) is 0 Å². The predicted octanol–water partition coefficient (Wildman–Crippen LogP) is 4.42. The topological polar surface area (TPSA) is 12.9 Å². The Morgan fingerprint density at radius 3 is 2.28 bits per heavy atom. The van der Waals surface area contributed by atoms with E-state index in [1.807, 2.05) is 0 Å². The summed E-state index contributed by atoms with van der Waals surface area (Å²) in [6.07, 6.45) is -0.592. The van der Waals surface area contributed by atoms with Crippen LogP contribution in [0.3, 0.4) is 0 Å². The molecule has 0 unspecified atom stereocenters. The summed E-state index contributed by atoms with van der Waals surface area (Å²) in [6, 6.07) is -2.60. The van der Waals surface area contributed by atoms with Crippen LogP contribution in [0.4, 0.5) is 0 Å². The van der Waals surface area contributed by atoms with Gasteiger partial charge < -0.3 is 0 Å². The molecular weight excluding hydrogens is 218 g/mol. The lowest BCUT2D eigenvalue weighted by Gasteiger charge is -2.04. The molecule has 0 bridgehead atoms. The van der Waals surface area contributed by atoms with Gasteiger partial charge in [-0.25, -0.2) is 0 Å². The molecule has 3 aromatic rings. The highest BCUT2D eigenvalue weighted by atomic mass is 14.7. The lowest BCUT2D eigenvalue weighted by atomic mass is 10.0. The Morgan fingerprint density at radius 1 is 0.722 bits per heavy atom. The molecule has 86 valence electrons. The molecule has 0 fully saturated rings. The highest BCUT2D eigenvalue weighted by Crippen LogP contribution is 2.23. The van der Waals surface area contributed by atoms with Crippen molar-refractivity contribution in [2.45, 2.75) is 0 Å². The van der Waals surface area contributed by atoms with Crippen molar-refractivity contribution < 1.29 is 15.1 Å². The minimum Gasteiger partial charge on any atom is -0.256 e. The average Bonchev–Trinajstić information content (AvgIpc) is 2.68. The van der Waals surface area contributed by atoms with Crippen molar-refractivity contribution in [2.24, 2.45) is 0 Å². The summed E-state index contributed by atoms with van der Waals surface area (Å²) in [7, 11) is 0. The molecule has 2 aromatic carbocycles. The van der Waals surface area contributed by atoms with Crippen molar-refractivity contribution >= 4 is 0 Å². The Kier molecular flexibility index (Phi) is 1.09. The van der Waals surface area contributed by atoms with Crippen LogP contribution in [-0.4, -0.2) is 4.98 Å². The third-order valence-corrected chi connectivity index (χ3v) is 2.21. The summed E-state index contributed by atoms with van der Waals surface area (Å²) in [6.45, 7) is 0. The number of aromatic nitrogens is 1. The number of hydrogen-bond acceptors (Lipinski definition) is 1. The lowest BCUT2D eigenvalue weighted by Crippen LogP contribution is -1.84. The molecule has 0 saturated heterocycles. The molecule has 0 amide bonds. The van der Waals surface area contributed by atoms with Gasteiger partial charge in [0.1, 0.15) is 0 Å². The highest BCUT2D eigenvalue weighted by molar-refractivity contribution is 5.70. The second-order valence-corrected chi connectivity index (χ2v) is 3.35. The maximum atomic E-state index is 8.47. The van der Waals surface area contributed by atoms with Crippen molar-refractivity contribution in [2.75, 3.05) is 0 Å². The van der Waals surface area contributed by atoms with E-state index >= 15 is 0 Å². The van der Waals surface area contributed by atoms with Gasteiger partial charge in [0, 0.05) is 11.7 Å². The molecule has 3 rings (SSSR count). The molecule has 0 aliphatic heterocycles. The molecule has 1 nitrogen and oxygen atoms in total. The van der Waals surface area contributed by atoms with E-state index in [1.54, 1.807) is 0 Å². The molecule has 18 heavy (non-hydrogen) atoms. The van der Waals surface area contributed by atoms with Gasteiger partial charge in [-0.1, -0.05) is 60.5 Å². The van der Waals surface area contributed by atoms with E-state index in [0.717, 1.165) is 12.1 Å². The molecule has 0 saturated carbocycles. The van der Waals surface area contributed by atoms with Crippen LogP contribution in [-0.2, 0) is 0 Å². The first-order valence-corrected chi connectivity index (χ1v) is 5.10. The molecule has 1 aromatic heterocycles. The van der Waals surface area contributed by atoms with Gasteiger partial charge in [-0.3, -0.25) is 4.98 Å². The van der Waals surface area contributed by atoms with Crippen LogP contribution in [0.15, 0.2) is 78.7 Å². The maximum Gasteiger partial charge on any atom is 0.0840 e. The Balaban J connectivity index is 2.42. The molecule has 1 heteroatoms. The molecule has 0 aliphatic rings. The maximum absolute atomic E-state index is 8.47. The Bertz CT molecular complexity index is 1170. The molecular formula is C17H13N. The van der Waals surface area contributed by atoms with Gasteiger partial charge in [-0.2, -0.15) is 0 Å². The van der Waals surface area contributed by atoms with Crippen LogP contribution in [0.25, 0.3) is 22.4 Å². The van der Waals surface area contributed by atoms with Gasteiger partial charge >= 0.3 is 0 Å². The lowest BCUT2D eigenvalue weighted by molar-refractivity contribution is 1.33. The smallest absolute Gasteiger partial charge is 0.0840 e. The van der Waals surface area contributed by atoms with Crippen LogP contribution >= 0.6 is 0 Å². The fraction of sp³-hybridized carbons (Fsp3) is 0. The molecule has 0 spiro atoms. The zero-order chi connectivity index (χ0) is 21.8. The van der Waals surface area contributed by atoms with Crippen molar-refractivity contribution in [3.8, 4) is 22.4 Å². The van der Waals surface area contributed by atoms with Crippen LogP contribution in [0.5, 0.6) is 0 Å². The summed E-state index contributed by atoms with van der Waals surface area (Å²) in [5.74, 6) is 0. The average molecular weight is 242 g/mol. The van der Waals surface area contributed by atoms with Crippen LogP contribution < -0.4 is 0 Å². The Hall–Kier alpha value is -2.41. The number of benzene rings is 2. The highest BCUT2D eigenvalue weighted by Gasteiger charge is 2.01. The van der Waals surface area contributed by atoms with E-state index in [0.29, 0.717) is 0 Å². The van der Waals surface area contributed by atoms with Crippen molar-refractivity contribution in [1.29, 1.82) is 0 Å². The van der Waals surface area contributed by atoms with Crippen LogP contribution in [0, 0.1) is 0 Å². The van der Waals surface area contributed by atoms with E-state index in [2.05, 4.69) is 4.98 Å². The Morgan fingerprint density at radius 2 is 1.44 bits per heavy atom. The fourth-order valence-electron chi connectivity index (χ4n) is 1.40. The first-order chi connectivity index (χ1) is 13.5. The first kappa shape index (κ1) is 4.06. The molecule has 1 heterocycles. The number of pyridine rings is 1. The van der Waals surface area contributed by atoms with Gasteiger partial charge in [0.05, 0.1) is 20.8 Å². The van der Waals surface area contributed by atoms with Gasteiger partial charge in [0.2, 0.25) is 0 Å². The monoisotopic (exact) mass is 242 g/mol. The summed E-state index contributed by atoms with van der Waals surface area (Å²) in [5.41, 5.74) is -0.847. The summed E-state index contributed by atoms with van der Waals surface area (Å²) in [4.78, 5) is 3.85. The third-order valence-electron chi connectivity index (χ3n) is 2.21. The normalized spacial score (nSPS) is 18.8. The molecule has 0 radical (unpaired) electrons. The predicted molar refractivity (Wildman–Crippen MR) is 75.1 cm³/mol. The number of hydrogen-bond donors (Lipinski definition) is 0. The zero-order valence-electron chi connectivity index (χ0n) is 20.1. The second kappa shape index (κ2) is 4.84. The molecule has 0 atom stereocenters. The summed E-state index contributed by atoms with van der Waals surface area (Å²) >= 11 is 0. The Labute approximate surface area is 122 Å². The van der Waals surface area contributed by atoms with E-state index in [9.17, 15) is 0 Å². The van der Waals surface area contributed by atoms with Crippen molar-refractivity contribution in [1.82, 2.24) is 4.98 Å². The quantitative estimate of drug-likeness (QED) is 0.648. The zero-order valence-corrected chi connectivity index (χ0v) is 9.10. The molecule has 0 aliphatic carbocycles.